The van der Waals surface area contributed by atoms with Crippen LogP contribution >= 0.6 is 19.6 Å². The number of carboxylic acid groups (broad SMARTS) is 1. The van der Waals surface area contributed by atoms with Crippen LogP contribution in [-0.2, 0) is 32.9 Å². The van der Waals surface area contributed by atoms with E-state index in [0.717, 1.165) is 38.0 Å². The summed E-state index contributed by atoms with van der Waals surface area (Å²) in [4.78, 5) is 54.7. The number of thioether (sulfide) groups is 1. The summed E-state index contributed by atoms with van der Waals surface area (Å²) in [5.74, 6) is -1.56. The topological polar surface area (TPSA) is 203 Å². The molecule has 1 unspecified atom stereocenters. The molecular formula is C43H76NO11PS. The van der Waals surface area contributed by atoms with Gasteiger partial charge in [0.2, 0.25) is 0 Å². The number of hydrogen-bond acceptors (Lipinski definition) is 10. The summed E-state index contributed by atoms with van der Waals surface area (Å²) in [6.07, 6.45) is 33.1. The van der Waals surface area contributed by atoms with Gasteiger partial charge in [0.1, 0.15) is 12.6 Å². The molecule has 6 N–H and O–H groups in total. The summed E-state index contributed by atoms with van der Waals surface area (Å²) in [7, 11) is -4.91. The molecule has 0 aromatic heterocycles. The standard InChI is InChI=1S/C43H76NO11PS/c1-4-6-7-8-9-10-11-12-16-19-22-25-30-40(39(45)29-27-31-41(46)47)57-35-38(44)43(49)55-37(34-54-56(50,51)52)33-53-42(48)32-26-23-20-17-14-13-15-18-21-24-28-36(3)5-2/h9-10,12,16,19,22,25,30,36-40,45H,4-8,11,13-15,17-18,20-21,23-24,26-29,31-35,44H2,1-3H3,(H,46,47)(H2,50,51,52)/b10-9-,16-12-,22-19+,30-25+/t36?,37-,38+,39+,40-/m1/s1. The predicted molar refractivity (Wildman–Crippen MR) is 231 cm³/mol. The lowest BCUT2D eigenvalue weighted by molar-refractivity contribution is -0.161. The quantitative estimate of drug-likeness (QED) is 0.0129. The zero-order valence-corrected chi connectivity index (χ0v) is 36.8. The van der Waals surface area contributed by atoms with Crippen LogP contribution in [-0.4, -0.2) is 80.4 Å². The van der Waals surface area contributed by atoms with Gasteiger partial charge in [0, 0.05) is 23.8 Å². The summed E-state index contributed by atoms with van der Waals surface area (Å²) >= 11 is 1.18. The van der Waals surface area contributed by atoms with Crippen LogP contribution in [0.3, 0.4) is 0 Å². The summed E-state index contributed by atoms with van der Waals surface area (Å²) in [5.41, 5.74) is 6.12. The van der Waals surface area contributed by atoms with E-state index in [4.69, 9.17) is 20.3 Å². The third-order valence-corrected chi connectivity index (χ3v) is 11.3. The molecule has 12 nitrogen and oxygen atoms in total. The van der Waals surface area contributed by atoms with Gasteiger partial charge in [-0.3, -0.25) is 18.9 Å². The molecule has 0 saturated carbocycles. The number of rotatable bonds is 38. The van der Waals surface area contributed by atoms with Crippen molar-refractivity contribution in [3.63, 3.8) is 0 Å². The Morgan fingerprint density at radius 1 is 0.772 bits per heavy atom. The van der Waals surface area contributed by atoms with Crippen molar-refractivity contribution in [3.8, 4) is 0 Å². The Hall–Kier alpha value is -2.25. The minimum atomic E-state index is -4.91. The number of phosphoric ester groups is 1. The maximum Gasteiger partial charge on any atom is 0.469 e. The van der Waals surface area contributed by atoms with Gasteiger partial charge < -0.3 is 35.2 Å². The van der Waals surface area contributed by atoms with E-state index in [1.54, 1.807) is 18.2 Å². The third-order valence-electron chi connectivity index (χ3n) is 9.39. The number of phosphoric acid groups is 1. The molecule has 0 aliphatic heterocycles. The predicted octanol–water partition coefficient (Wildman–Crippen LogP) is 9.52. The number of aliphatic carboxylic acids is 1. The first-order chi connectivity index (χ1) is 27.3. The lowest BCUT2D eigenvalue weighted by Gasteiger charge is -2.23. The first-order valence-electron chi connectivity index (χ1n) is 21.3. The van der Waals surface area contributed by atoms with E-state index < -0.39 is 62.4 Å². The number of ether oxygens (including phenoxy) is 2. The first kappa shape index (κ1) is 54.8. The molecule has 0 aromatic carbocycles. The number of unbranched alkanes of at least 4 members (excludes halogenated alkanes) is 12. The minimum Gasteiger partial charge on any atom is -0.481 e. The van der Waals surface area contributed by atoms with Crippen molar-refractivity contribution in [1.82, 2.24) is 0 Å². The molecule has 0 bridgehead atoms. The van der Waals surface area contributed by atoms with Crippen molar-refractivity contribution < 1.29 is 52.9 Å². The number of hydrogen-bond donors (Lipinski definition) is 5. The summed E-state index contributed by atoms with van der Waals surface area (Å²) in [6, 6.07) is -1.20. The van der Waals surface area contributed by atoms with Crippen molar-refractivity contribution in [1.29, 1.82) is 0 Å². The number of allylic oxidation sites excluding steroid dienone is 7. The number of carboxylic acids is 1. The number of carbonyl (C=O) groups is 3. The molecule has 0 aliphatic rings. The van der Waals surface area contributed by atoms with Gasteiger partial charge in [-0.15, -0.1) is 11.8 Å². The maximum absolute atomic E-state index is 12.9. The van der Waals surface area contributed by atoms with Crippen LogP contribution in [0.4, 0.5) is 0 Å². The molecule has 0 aromatic rings. The van der Waals surface area contributed by atoms with Crippen molar-refractivity contribution in [2.45, 2.75) is 179 Å². The second-order valence-electron chi connectivity index (χ2n) is 14.8. The molecule has 0 amide bonds. The Morgan fingerprint density at radius 3 is 2.05 bits per heavy atom. The fourth-order valence-electron chi connectivity index (χ4n) is 5.65. The van der Waals surface area contributed by atoms with E-state index in [2.05, 4.69) is 37.4 Å². The lowest BCUT2D eigenvalue weighted by Crippen LogP contribution is -2.40. The second kappa shape index (κ2) is 36.8. The van der Waals surface area contributed by atoms with Gasteiger partial charge in [-0.2, -0.15) is 0 Å². The number of carbonyl (C=O) groups excluding carboxylic acids is 2. The highest BCUT2D eigenvalue weighted by molar-refractivity contribution is 8.00. The molecule has 5 atom stereocenters. The lowest BCUT2D eigenvalue weighted by atomic mass is 9.99. The van der Waals surface area contributed by atoms with Crippen molar-refractivity contribution in [2.75, 3.05) is 19.0 Å². The van der Waals surface area contributed by atoms with E-state index in [1.165, 1.54) is 82.4 Å². The van der Waals surface area contributed by atoms with Crippen LogP contribution < -0.4 is 5.73 Å². The molecule has 0 heterocycles. The minimum absolute atomic E-state index is 0.00227. The van der Waals surface area contributed by atoms with Crippen LogP contribution in [0.2, 0.25) is 0 Å². The summed E-state index contributed by atoms with van der Waals surface area (Å²) in [6.45, 7) is 5.55. The fourth-order valence-corrected chi connectivity index (χ4v) is 7.14. The van der Waals surface area contributed by atoms with Crippen LogP contribution in [0.15, 0.2) is 48.6 Å². The van der Waals surface area contributed by atoms with Gasteiger partial charge in [-0.25, -0.2) is 4.57 Å². The molecule has 0 rings (SSSR count). The monoisotopic (exact) mass is 845 g/mol. The number of nitrogens with two attached hydrogens (primary N) is 1. The molecule has 57 heavy (non-hydrogen) atoms. The zero-order chi connectivity index (χ0) is 42.6. The molecule has 0 spiro atoms. The molecular weight excluding hydrogens is 770 g/mol. The third kappa shape index (κ3) is 36.6. The average molecular weight is 846 g/mol. The Morgan fingerprint density at radius 2 is 1.42 bits per heavy atom. The Labute approximate surface area is 347 Å². The van der Waals surface area contributed by atoms with Crippen LogP contribution in [0.1, 0.15) is 156 Å². The summed E-state index contributed by atoms with van der Waals surface area (Å²) in [5, 5.41) is 19.3. The van der Waals surface area contributed by atoms with E-state index in [-0.39, 0.29) is 31.4 Å². The van der Waals surface area contributed by atoms with E-state index in [0.29, 0.717) is 6.42 Å². The van der Waals surface area contributed by atoms with Gasteiger partial charge in [0.05, 0.1) is 12.7 Å². The summed E-state index contributed by atoms with van der Waals surface area (Å²) < 4.78 is 26.5. The number of aliphatic hydroxyl groups excluding tert-OH is 1. The smallest absolute Gasteiger partial charge is 0.469 e. The average Bonchev–Trinajstić information content (AvgIpc) is 3.16. The van der Waals surface area contributed by atoms with E-state index >= 15 is 0 Å². The number of esters is 2. The maximum atomic E-state index is 12.9. The second-order valence-corrected chi connectivity index (χ2v) is 17.2. The molecule has 0 radical (unpaired) electrons. The van der Waals surface area contributed by atoms with Crippen LogP contribution in [0.25, 0.3) is 0 Å². The highest BCUT2D eigenvalue weighted by Crippen LogP contribution is 2.36. The Kier molecular flexibility index (Phi) is 35.3. The Balaban J connectivity index is 4.90. The van der Waals surface area contributed by atoms with E-state index in [9.17, 15) is 33.8 Å². The van der Waals surface area contributed by atoms with Crippen molar-refractivity contribution in [3.05, 3.63) is 48.6 Å². The largest absolute Gasteiger partial charge is 0.481 e. The van der Waals surface area contributed by atoms with Crippen LogP contribution in [0.5, 0.6) is 0 Å². The highest BCUT2D eigenvalue weighted by Gasteiger charge is 2.27. The van der Waals surface area contributed by atoms with Gasteiger partial charge in [0.25, 0.3) is 0 Å². The molecule has 0 saturated heterocycles. The highest BCUT2D eigenvalue weighted by atomic mass is 32.2. The van der Waals surface area contributed by atoms with Crippen LogP contribution in [0, 0.1) is 5.92 Å². The fraction of sp³-hybridized carbons (Fsp3) is 0.744. The van der Waals surface area contributed by atoms with Crippen molar-refractivity contribution >= 4 is 37.5 Å². The van der Waals surface area contributed by atoms with Gasteiger partial charge >= 0.3 is 25.7 Å². The van der Waals surface area contributed by atoms with Crippen molar-refractivity contribution in [2.24, 2.45) is 11.7 Å². The Bertz CT molecular complexity index is 1210. The SMILES string of the molecule is CCCCC/C=C\C\C=C/C=C/C=C/[C@@H](SC[C@H](N)C(=O)O[C@H](COC(=O)CCCCCCCCCCCCC(C)CC)COP(=O)(O)O)[C@@H](O)CCCC(=O)O. The normalized spacial score (nSPS) is 15.1. The molecule has 14 heteroatoms. The van der Waals surface area contributed by atoms with Gasteiger partial charge in [-0.1, -0.05) is 153 Å². The first-order valence-corrected chi connectivity index (χ1v) is 23.8. The van der Waals surface area contributed by atoms with Gasteiger partial charge in [0.15, 0.2) is 6.10 Å². The molecule has 0 fully saturated rings. The number of aliphatic hydroxyl groups is 1. The van der Waals surface area contributed by atoms with Gasteiger partial charge in [-0.05, 0) is 44.4 Å². The molecule has 0 aliphatic carbocycles. The van der Waals surface area contributed by atoms with E-state index in [1.807, 2.05) is 18.2 Å². The zero-order valence-electron chi connectivity index (χ0n) is 35.1. The molecule has 330 valence electrons.